The molecule has 2 N–H and O–H groups in total. The number of benzene rings is 3. The fourth-order valence-corrected chi connectivity index (χ4v) is 2.89. The molecule has 0 spiro atoms. The summed E-state index contributed by atoms with van der Waals surface area (Å²) in [4.78, 5) is 24.5. The van der Waals surface area contributed by atoms with E-state index in [2.05, 4.69) is 10.6 Å². The van der Waals surface area contributed by atoms with Crippen molar-refractivity contribution in [1.82, 2.24) is 0 Å². The van der Waals surface area contributed by atoms with Crippen LogP contribution in [-0.2, 0) is 9.59 Å². The summed E-state index contributed by atoms with van der Waals surface area (Å²) < 4.78 is 0. The molecule has 4 nitrogen and oxygen atoms in total. The van der Waals surface area contributed by atoms with Gasteiger partial charge in [-0.15, -0.1) is 0 Å². The number of anilines is 2. The van der Waals surface area contributed by atoms with E-state index in [9.17, 15) is 9.59 Å². The summed E-state index contributed by atoms with van der Waals surface area (Å²) in [5.41, 5.74) is 3.27. The van der Waals surface area contributed by atoms with Crippen LogP contribution in [0.15, 0.2) is 84.9 Å². The first-order valence-corrected chi connectivity index (χ1v) is 8.98. The second-order valence-electron chi connectivity index (χ2n) is 6.22. The second kappa shape index (κ2) is 8.81. The van der Waals surface area contributed by atoms with Crippen LogP contribution in [0.1, 0.15) is 30.4 Å². The number of rotatable bonds is 6. The highest BCUT2D eigenvalue weighted by Gasteiger charge is 2.22. The van der Waals surface area contributed by atoms with Crippen molar-refractivity contribution in [1.29, 1.82) is 0 Å². The lowest BCUT2D eigenvalue weighted by atomic mass is 9.90. The van der Waals surface area contributed by atoms with Gasteiger partial charge in [0.1, 0.15) is 0 Å². The lowest BCUT2D eigenvalue weighted by molar-refractivity contribution is -0.117. The Balaban J connectivity index is 1.80. The third kappa shape index (κ3) is 4.82. The molecule has 0 bridgehead atoms. The normalized spacial score (nSPS) is 10.4. The number of amides is 2. The van der Waals surface area contributed by atoms with Crippen LogP contribution in [0.25, 0.3) is 0 Å². The van der Waals surface area contributed by atoms with Gasteiger partial charge in [0.2, 0.25) is 11.8 Å². The molecule has 0 saturated carbocycles. The molecule has 0 aliphatic rings. The molecule has 0 aromatic heterocycles. The van der Waals surface area contributed by atoms with Crippen molar-refractivity contribution in [3.05, 3.63) is 96.1 Å². The van der Waals surface area contributed by atoms with Crippen molar-refractivity contribution in [2.24, 2.45) is 0 Å². The first-order chi connectivity index (χ1) is 13.2. The lowest BCUT2D eigenvalue weighted by Gasteiger charge is -2.18. The van der Waals surface area contributed by atoms with E-state index in [1.807, 2.05) is 60.7 Å². The van der Waals surface area contributed by atoms with E-state index < -0.39 is 5.92 Å². The van der Waals surface area contributed by atoms with Crippen LogP contribution in [0.2, 0.25) is 0 Å². The number of hydrogen-bond acceptors (Lipinski definition) is 2. The summed E-state index contributed by atoms with van der Waals surface area (Å²) in [7, 11) is 0. The Bertz CT molecular complexity index is 851. The van der Waals surface area contributed by atoms with Gasteiger partial charge in [-0.2, -0.15) is 0 Å². The first kappa shape index (κ1) is 18.4. The molecule has 4 heteroatoms. The minimum atomic E-state index is -0.396. The third-order valence-electron chi connectivity index (χ3n) is 4.29. The summed E-state index contributed by atoms with van der Waals surface area (Å²) in [6.45, 7) is 1.80. The second-order valence-corrected chi connectivity index (χ2v) is 6.22. The van der Waals surface area contributed by atoms with Crippen LogP contribution in [0.5, 0.6) is 0 Å². The smallest absolute Gasteiger partial charge is 0.236 e. The maximum atomic E-state index is 13.0. The highest BCUT2D eigenvalue weighted by molar-refractivity contribution is 5.98. The number of hydrogen-bond donors (Lipinski definition) is 2. The van der Waals surface area contributed by atoms with Gasteiger partial charge in [-0.1, -0.05) is 67.6 Å². The molecule has 3 aromatic carbocycles. The van der Waals surface area contributed by atoms with E-state index in [0.717, 1.165) is 11.1 Å². The SMILES string of the molecule is CCC(=O)Nc1ccc(NC(=O)C(c2ccccc2)c2ccccc2)cc1. The lowest BCUT2D eigenvalue weighted by Crippen LogP contribution is -2.22. The van der Waals surface area contributed by atoms with Crippen LogP contribution in [0, 0.1) is 0 Å². The first-order valence-electron chi connectivity index (χ1n) is 8.98. The molecule has 0 saturated heterocycles. The molecule has 0 aliphatic heterocycles. The molecule has 27 heavy (non-hydrogen) atoms. The van der Waals surface area contributed by atoms with Gasteiger partial charge in [0, 0.05) is 17.8 Å². The highest BCUT2D eigenvalue weighted by atomic mass is 16.2. The Hall–Kier alpha value is -3.40. The Morgan fingerprint density at radius 3 is 1.59 bits per heavy atom. The average Bonchev–Trinajstić information content (AvgIpc) is 2.71. The molecule has 0 fully saturated rings. The van der Waals surface area contributed by atoms with Crippen molar-refractivity contribution in [3.63, 3.8) is 0 Å². The van der Waals surface area contributed by atoms with Crippen LogP contribution in [0.4, 0.5) is 11.4 Å². The van der Waals surface area contributed by atoms with E-state index in [1.165, 1.54) is 0 Å². The van der Waals surface area contributed by atoms with Gasteiger partial charge in [-0.25, -0.2) is 0 Å². The van der Waals surface area contributed by atoms with Crippen molar-refractivity contribution in [2.45, 2.75) is 19.3 Å². The van der Waals surface area contributed by atoms with Gasteiger partial charge in [-0.3, -0.25) is 9.59 Å². The monoisotopic (exact) mass is 358 g/mol. The minimum Gasteiger partial charge on any atom is -0.326 e. The van der Waals surface area contributed by atoms with Crippen LogP contribution in [-0.4, -0.2) is 11.8 Å². The summed E-state index contributed by atoms with van der Waals surface area (Å²) in [5.74, 6) is -0.537. The zero-order valence-corrected chi connectivity index (χ0v) is 15.2. The summed E-state index contributed by atoms with van der Waals surface area (Å²) in [5, 5.41) is 5.78. The maximum Gasteiger partial charge on any atom is 0.236 e. The highest BCUT2D eigenvalue weighted by Crippen LogP contribution is 2.26. The molecule has 3 aromatic rings. The summed E-state index contributed by atoms with van der Waals surface area (Å²) in [6.07, 6.45) is 0.425. The van der Waals surface area contributed by atoms with Gasteiger partial charge < -0.3 is 10.6 Å². The fraction of sp³-hybridized carbons (Fsp3) is 0.130. The van der Waals surface area contributed by atoms with Gasteiger partial charge in [-0.05, 0) is 35.4 Å². The minimum absolute atomic E-state index is 0.0417. The van der Waals surface area contributed by atoms with E-state index in [-0.39, 0.29) is 11.8 Å². The third-order valence-corrected chi connectivity index (χ3v) is 4.29. The molecule has 0 aliphatic carbocycles. The summed E-state index contributed by atoms with van der Waals surface area (Å²) in [6, 6.07) is 26.6. The summed E-state index contributed by atoms with van der Waals surface area (Å²) >= 11 is 0. The predicted molar refractivity (Wildman–Crippen MR) is 109 cm³/mol. The quantitative estimate of drug-likeness (QED) is 0.664. The molecule has 0 atom stereocenters. The van der Waals surface area contributed by atoms with Crippen LogP contribution >= 0.6 is 0 Å². The average molecular weight is 358 g/mol. The van der Waals surface area contributed by atoms with Gasteiger partial charge >= 0.3 is 0 Å². The zero-order chi connectivity index (χ0) is 19.1. The van der Waals surface area contributed by atoms with E-state index in [1.54, 1.807) is 31.2 Å². The molecule has 3 rings (SSSR count). The molecular formula is C23H22N2O2. The molecule has 0 radical (unpaired) electrons. The topological polar surface area (TPSA) is 58.2 Å². The van der Waals surface area contributed by atoms with Crippen molar-refractivity contribution < 1.29 is 9.59 Å². The van der Waals surface area contributed by atoms with Gasteiger partial charge in [0.15, 0.2) is 0 Å². The van der Waals surface area contributed by atoms with Gasteiger partial charge in [0.25, 0.3) is 0 Å². The Morgan fingerprint density at radius 2 is 1.15 bits per heavy atom. The molecular weight excluding hydrogens is 336 g/mol. The molecule has 136 valence electrons. The van der Waals surface area contributed by atoms with E-state index >= 15 is 0 Å². The predicted octanol–water partition coefficient (Wildman–Crippen LogP) is 4.81. The number of carbonyl (C=O) groups is 2. The molecule has 2 amide bonds. The van der Waals surface area contributed by atoms with Crippen molar-refractivity contribution in [3.8, 4) is 0 Å². The maximum absolute atomic E-state index is 13.0. The van der Waals surface area contributed by atoms with E-state index in [4.69, 9.17) is 0 Å². The fourth-order valence-electron chi connectivity index (χ4n) is 2.89. The number of carbonyl (C=O) groups excluding carboxylic acids is 2. The number of nitrogens with one attached hydrogen (secondary N) is 2. The van der Waals surface area contributed by atoms with Crippen molar-refractivity contribution >= 4 is 23.2 Å². The Kier molecular flexibility index (Phi) is 6.00. The van der Waals surface area contributed by atoms with Crippen molar-refractivity contribution in [2.75, 3.05) is 10.6 Å². The van der Waals surface area contributed by atoms with Gasteiger partial charge in [0.05, 0.1) is 5.92 Å². The Labute approximate surface area is 159 Å². The Morgan fingerprint density at radius 1 is 0.704 bits per heavy atom. The van der Waals surface area contributed by atoms with E-state index in [0.29, 0.717) is 17.8 Å². The molecule has 0 heterocycles. The van der Waals surface area contributed by atoms with Crippen LogP contribution < -0.4 is 10.6 Å². The van der Waals surface area contributed by atoms with Crippen LogP contribution in [0.3, 0.4) is 0 Å². The standard InChI is InChI=1S/C23H22N2O2/c1-2-21(26)24-19-13-15-20(16-14-19)25-23(27)22(17-9-5-3-6-10-17)18-11-7-4-8-12-18/h3-16,22H,2H2,1H3,(H,24,26)(H,25,27). The largest absolute Gasteiger partial charge is 0.326 e. The zero-order valence-electron chi connectivity index (χ0n) is 15.2. The molecule has 0 unspecified atom stereocenters.